The van der Waals surface area contributed by atoms with Gasteiger partial charge in [0.15, 0.2) is 5.13 Å². The van der Waals surface area contributed by atoms with Crippen LogP contribution in [-0.2, 0) is 11.2 Å². The number of rotatable bonds is 8. The number of methoxy groups -OCH3 is 1. The smallest absolute Gasteiger partial charge is 0.497 e. The number of carbonyl (C=O) groups excluding carboxylic acids is 2. The van der Waals surface area contributed by atoms with Crippen LogP contribution in [0.1, 0.15) is 12.1 Å². The van der Waals surface area contributed by atoms with Crippen LogP contribution in [0.5, 0.6) is 11.5 Å². The minimum atomic E-state index is -4.78. The molecule has 0 bridgehead atoms. The number of alkyl halides is 3. The second-order valence-corrected chi connectivity index (χ2v) is 7.43. The maximum absolute atomic E-state index is 12.2. The molecule has 3 rings (SSSR count). The van der Waals surface area contributed by atoms with E-state index in [4.69, 9.17) is 4.74 Å². The summed E-state index contributed by atoms with van der Waals surface area (Å²) in [5.41, 5.74) is 1.54. The van der Waals surface area contributed by atoms with Crippen LogP contribution in [0, 0.1) is 0 Å². The van der Waals surface area contributed by atoms with Gasteiger partial charge in [-0.2, -0.15) is 0 Å². The number of ether oxygens (including phenoxy) is 2. The molecule has 3 amide bonds. The maximum atomic E-state index is 12.2. The van der Waals surface area contributed by atoms with Crippen molar-refractivity contribution in [2.45, 2.75) is 19.2 Å². The molecule has 0 aliphatic carbocycles. The number of thiazole rings is 1. The third-order valence-corrected chi connectivity index (χ3v) is 4.91. The van der Waals surface area contributed by atoms with Crippen molar-refractivity contribution in [1.29, 1.82) is 0 Å². The van der Waals surface area contributed by atoms with Gasteiger partial charge in [-0.15, -0.1) is 24.5 Å². The van der Waals surface area contributed by atoms with Crippen LogP contribution in [0.3, 0.4) is 0 Å². The van der Waals surface area contributed by atoms with Crippen LogP contribution in [0.25, 0.3) is 0 Å². The van der Waals surface area contributed by atoms with Gasteiger partial charge in [-0.25, -0.2) is 9.78 Å². The van der Waals surface area contributed by atoms with Gasteiger partial charge in [-0.1, -0.05) is 0 Å². The lowest BCUT2D eigenvalue weighted by Crippen LogP contribution is -2.19. The number of hydrogen-bond acceptors (Lipinski definition) is 6. The number of carbonyl (C=O) groups is 2. The van der Waals surface area contributed by atoms with Crippen molar-refractivity contribution < 1.29 is 32.2 Å². The predicted molar refractivity (Wildman–Crippen MR) is 118 cm³/mol. The van der Waals surface area contributed by atoms with Crippen molar-refractivity contribution in [2.24, 2.45) is 0 Å². The number of urea groups is 1. The molecule has 12 heteroatoms. The highest BCUT2D eigenvalue weighted by Crippen LogP contribution is 2.24. The number of hydrogen-bond donors (Lipinski definition) is 3. The number of nitrogens with one attached hydrogen (secondary N) is 3. The molecule has 2 aromatic carbocycles. The molecule has 3 aromatic rings. The molecule has 0 aliphatic rings. The fraction of sp³-hybridized carbons (Fsp3) is 0.190. The molecule has 0 saturated heterocycles. The Kier molecular flexibility index (Phi) is 7.72. The van der Waals surface area contributed by atoms with Crippen LogP contribution in [-0.4, -0.2) is 30.4 Å². The van der Waals surface area contributed by atoms with Crippen molar-refractivity contribution >= 4 is 39.8 Å². The Labute approximate surface area is 190 Å². The molecule has 3 N–H and O–H groups in total. The average Bonchev–Trinajstić information content (AvgIpc) is 3.20. The van der Waals surface area contributed by atoms with Gasteiger partial charge < -0.3 is 20.1 Å². The topological polar surface area (TPSA) is 102 Å². The zero-order valence-electron chi connectivity index (χ0n) is 17.2. The van der Waals surface area contributed by atoms with Crippen molar-refractivity contribution in [3.63, 3.8) is 0 Å². The monoisotopic (exact) mass is 480 g/mol. The summed E-state index contributed by atoms with van der Waals surface area (Å²) in [5.74, 6) is -0.0414. The second-order valence-electron chi connectivity index (χ2n) is 6.57. The van der Waals surface area contributed by atoms with Crippen LogP contribution in [0.2, 0.25) is 0 Å². The van der Waals surface area contributed by atoms with Crippen molar-refractivity contribution in [3.8, 4) is 11.5 Å². The SMILES string of the molecule is COc1ccc(NC(=O)Nc2nc(CCC(=O)Nc3ccc(OC(F)(F)F)cc3)cs2)cc1. The first-order valence-corrected chi connectivity index (χ1v) is 10.4. The lowest BCUT2D eigenvalue weighted by atomic mass is 10.2. The third kappa shape index (κ3) is 8.00. The van der Waals surface area contributed by atoms with Crippen molar-refractivity contribution in [3.05, 3.63) is 59.6 Å². The molecule has 0 unspecified atom stereocenters. The van der Waals surface area contributed by atoms with Gasteiger partial charge in [0.1, 0.15) is 11.5 Å². The Balaban J connectivity index is 1.43. The third-order valence-electron chi connectivity index (χ3n) is 4.10. The number of benzene rings is 2. The normalized spacial score (nSPS) is 10.9. The van der Waals surface area contributed by atoms with Crippen LogP contribution < -0.4 is 25.4 Å². The number of aromatic nitrogens is 1. The van der Waals surface area contributed by atoms with E-state index < -0.39 is 12.4 Å². The molecule has 0 atom stereocenters. The van der Waals surface area contributed by atoms with Gasteiger partial charge in [0, 0.05) is 23.2 Å². The van der Waals surface area contributed by atoms with Crippen molar-refractivity contribution in [1.82, 2.24) is 4.98 Å². The Morgan fingerprint density at radius 2 is 1.55 bits per heavy atom. The zero-order valence-corrected chi connectivity index (χ0v) is 18.0. The van der Waals surface area contributed by atoms with E-state index in [1.54, 1.807) is 36.8 Å². The number of anilines is 3. The standard InChI is InChI=1S/C21H19F3N4O4S/c1-31-16-7-2-14(3-8-16)26-19(30)28-20-27-15(12-33-20)6-11-18(29)25-13-4-9-17(10-5-13)32-21(22,23)24/h2-5,7-10,12H,6,11H2,1H3,(H,25,29)(H2,26,27,28,30). The molecule has 8 nitrogen and oxygen atoms in total. The highest BCUT2D eigenvalue weighted by atomic mass is 32.1. The van der Waals surface area contributed by atoms with Gasteiger partial charge in [-0.3, -0.25) is 10.1 Å². The largest absolute Gasteiger partial charge is 0.573 e. The van der Waals surface area contributed by atoms with E-state index >= 15 is 0 Å². The highest BCUT2D eigenvalue weighted by molar-refractivity contribution is 7.13. The Morgan fingerprint density at radius 3 is 2.15 bits per heavy atom. The number of halogens is 3. The van der Waals surface area contributed by atoms with Crippen LogP contribution >= 0.6 is 11.3 Å². The number of nitrogens with zero attached hydrogens (tertiary/aromatic N) is 1. The first-order chi connectivity index (χ1) is 15.7. The summed E-state index contributed by atoms with van der Waals surface area (Å²) in [6.45, 7) is 0. The van der Waals surface area contributed by atoms with Gasteiger partial charge in [0.25, 0.3) is 0 Å². The van der Waals surface area contributed by atoms with E-state index in [1.807, 2.05) is 0 Å². The lowest BCUT2D eigenvalue weighted by Gasteiger charge is -2.09. The van der Waals surface area contributed by atoms with Crippen molar-refractivity contribution in [2.75, 3.05) is 23.1 Å². The van der Waals surface area contributed by atoms with E-state index in [9.17, 15) is 22.8 Å². The molecule has 0 radical (unpaired) electrons. The molecule has 0 aliphatic heterocycles. The Morgan fingerprint density at radius 1 is 0.939 bits per heavy atom. The highest BCUT2D eigenvalue weighted by Gasteiger charge is 2.30. The van der Waals surface area contributed by atoms with Gasteiger partial charge >= 0.3 is 12.4 Å². The molecule has 174 valence electrons. The minimum Gasteiger partial charge on any atom is -0.497 e. The lowest BCUT2D eigenvalue weighted by molar-refractivity contribution is -0.274. The van der Waals surface area contributed by atoms with Gasteiger partial charge in [0.05, 0.1) is 12.8 Å². The fourth-order valence-corrected chi connectivity index (χ4v) is 3.36. The summed E-state index contributed by atoms with van der Waals surface area (Å²) in [5, 5.41) is 9.97. The maximum Gasteiger partial charge on any atom is 0.573 e. The van der Waals surface area contributed by atoms with Crippen LogP contribution in [0.4, 0.5) is 34.5 Å². The predicted octanol–water partition coefficient (Wildman–Crippen LogP) is 5.27. The zero-order chi connectivity index (χ0) is 23.8. The molecule has 0 fully saturated rings. The van der Waals surface area contributed by atoms with E-state index in [0.29, 0.717) is 34.4 Å². The van der Waals surface area contributed by atoms with E-state index in [2.05, 4.69) is 25.7 Å². The van der Waals surface area contributed by atoms with E-state index in [1.165, 1.54) is 23.5 Å². The summed E-state index contributed by atoms with van der Waals surface area (Å²) >= 11 is 1.22. The van der Waals surface area contributed by atoms with Gasteiger partial charge in [-0.05, 0) is 55.0 Å². The number of amides is 3. The molecular weight excluding hydrogens is 461 g/mol. The molecule has 1 aromatic heterocycles. The summed E-state index contributed by atoms with van der Waals surface area (Å²) < 4.78 is 45.4. The Hall–Kier alpha value is -3.80. The minimum absolute atomic E-state index is 0.0992. The molecule has 0 saturated carbocycles. The molecule has 33 heavy (non-hydrogen) atoms. The van der Waals surface area contributed by atoms with Gasteiger partial charge in [0.2, 0.25) is 5.91 Å². The Bertz CT molecular complexity index is 1090. The summed E-state index contributed by atoms with van der Waals surface area (Å²) in [6, 6.07) is 11.2. The van der Waals surface area contributed by atoms with Crippen LogP contribution in [0.15, 0.2) is 53.9 Å². The quantitative estimate of drug-likeness (QED) is 0.408. The molecular formula is C21H19F3N4O4S. The summed E-state index contributed by atoms with van der Waals surface area (Å²) in [4.78, 5) is 28.5. The van der Waals surface area contributed by atoms with E-state index in [-0.39, 0.29) is 18.1 Å². The fourth-order valence-electron chi connectivity index (χ4n) is 2.62. The molecule has 1 heterocycles. The summed E-state index contributed by atoms with van der Waals surface area (Å²) in [7, 11) is 1.55. The number of aryl methyl sites for hydroxylation is 1. The summed E-state index contributed by atoms with van der Waals surface area (Å²) in [6.07, 6.45) is -4.36. The first-order valence-electron chi connectivity index (χ1n) is 9.52. The van der Waals surface area contributed by atoms with E-state index in [0.717, 1.165) is 12.1 Å². The first kappa shape index (κ1) is 23.9. The molecule has 0 spiro atoms. The second kappa shape index (κ2) is 10.7. The average molecular weight is 480 g/mol.